The minimum atomic E-state index is -4.39. The largest absolute Gasteiger partial charge is 0.392 e. The zero-order valence-electron chi connectivity index (χ0n) is 11.7. The molecule has 0 fully saturated rings. The molecule has 0 radical (unpaired) electrons. The number of aliphatic hydroxyl groups excluding tert-OH is 1. The summed E-state index contributed by atoms with van der Waals surface area (Å²) in [5.41, 5.74) is 1.36. The van der Waals surface area contributed by atoms with Gasteiger partial charge in [0.15, 0.2) is 5.78 Å². The molecular weight excluding hydrogens is 304 g/mol. The number of hydrogen-bond donors (Lipinski definition) is 2. The fourth-order valence-corrected chi connectivity index (χ4v) is 3.01. The third kappa shape index (κ3) is 4.00. The fraction of sp³-hybridized carbons (Fsp3) is 0.188. The third-order valence-corrected chi connectivity index (χ3v) is 4.52. The maximum atomic E-state index is 12.2. The number of carbonyl (C=O) groups is 1. The fourth-order valence-electron chi connectivity index (χ4n) is 2.15. The summed E-state index contributed by atoms with van der Waals surface area (Å²) in [6.07, 6.45) is -0.346. The summed E-state index contributed by atoms with van der Waals surface area (Å²) in [6.45, 7) is -0.133. The molecule has 22 heavy (non-hydrogen) atoms. The van der Waals surface area contributed by atoms with E-state index in [-0.39, 0.29) is 13.0 Å². The van der Waals surface area contributed by atoms with Crippen LogP contribution in [0.2, 0.25) is 0 Å². The van der Waals surface area contributed by atoms with Crippen molar-refractivity contribution in [2.24, 2.45) is 0 Å². The summed E-state index contributed by atoms with van der Waals surface area (Å²) in [5, 5.41) is 7.68. The lowest BCUT2D eigenvalue weighted by Gasteiger charge is -2.13. The zero-order chi connectivity index (χ0) is 16.2. The Morgan fingerprint density at radius 3 is 2.09 bits per heavy atom. The van der Waals surface area contributed by atoms with Crippen molar-refractivity contribution in [1.29, 1.82) is 0 Å². The van der Waals surface area contributed by atoms with Crippen molar-refractivity contribution in [1.82, 2.24) is 0 Å². The first-order chi connectivity index (χ1) is 10.4. The van der Waals surface area contributed by atoms with Gasteiger partial charge in [0, 0.05) is 12.0 Å². The molecule has 0 heterocycles. The van der Waals surface area contributed by atoms with E-state index in [0.29, 0.717) is 16.7 Å². The van der Waals surface area contributed by atoms with E-state index in [4.69, 9.17) is 5.11 Å². The number of aliphatic hydroxyl groups is 1. The molecule has 2 aromatic rings. The van der Waals surface area contributed by atoms with Crippen LogP contribution >= 0.6 is 0 Å². The summed E-state index contributed by atoms with van der Waals surface area (Å²) in [6, 6.07) is 14.4. The highest BCUT2D eigenvalue weighted by atomic mass is 32.2. The summed E-state index contributed by atoms with van der Waals surface area (Å²) < 4.78 is 32.5. The van der Waals surface area contributed by atoms with E-state index >= 15 is 0 Å². The molecular formula is C16H16O5S. The summed E-state index contributed by atoms with van der Waals surface area (Å²) >= 11 is 0. The molecule has 0 saturated carbocycles. The van der Waals surface area contributed by atoms with E-state index in [0.717, 1.165) is 0 Å². The van der Waals surface area contributed by atoms with Gasteiger partial charge >= 0.3 is 0 Å². The van der Waals surface area contributed by atoms with Crippen LogP contribution in [0.25, 0.3) is 0 Å². The Balaban J connectivity index is 2.25. The number of Topliss-reactive ketones (excluding diaryl/α,β-unsaturated/α-hetero) is 1. The number of carbonyl (C=O) groups excluding carboxylic acids is 1. The SMILES string of the molecule is O=C(CC(c1ccccc1)S(=O)(=O)O)c1ccc(CO)cc1. The molecule has 0 aliphatic heterocycles. The van der Waals surface area contributed by atoms with Crippen LogP contribution in [0, 0.1) is 0 Å². The van der Waals surface area contributed by atoms with Crippen LogP contribution in [0.5, 0.6) is 0 Å². The van der Waals surface area contributed by atoms with Crippen molar-refractivity contribution in [3.8, 4) is 0 Å². The molecule has 2 rings (SSSR count). The molecule has 116 valence electrons. The highest BCUT2D eigenvalue weighted by molar-refractivity contribution is 7.86. The van der Waals surface area contributed by atoms with Gasteiger partial charge in [0.25, 0.3) is 10.1 Å². The van der Waals surface area contributed by atoms with E-state index in [1.807, 2.05) is 0 Å². The molecule has 2 N–H and O–H groups in total. The highest BCUT2D eigenvalue weighted by Crippen LogP contribution is 2.26. The molecule has 1 atom stereocenters. The van der Waals surface area contributed by atoms with Crippen molar-refractivity contribution in [3.05, 3.63) is 71.3 Å². The normalized spacial score (nSPS) is 12.8. The Morgan fingerprint density at radius 2 is 1.59 bits per heavy atom. The highest BCUT2D eigenvalue weighted by Gasteiger charge is 2.28. The molecule has 0 bridgehead atoms. The van der Waals surface area contributed by atoms with Gasteiger partial charge in [-0.2, -0.15) is 8.42 Å². The molecule has 1 unspecified atom stereocenters. The van der Waals surface area contributed by atoms with Gasteiger partial charge in [0.2, 0.25) is 0 Å². The minimum Gasteiger partial charge on any atom is -0.392 e. The number of benzene rings is 2. The van der Waals surface area contributed by atoms with Gasteiger partial charge in [-0.3, -0.25) is 9.35 Å². The summed E-state index contributed by atoms with van der Waals surface area (Å²) in [4.78, 5) is 12.2. The first-order valence-electron chi connectivity index (χ1n) is 6.66. The van der Waals surface area contributed by atoms with Crippen LogP contribution in [0.4, 0.5) is 0 Å². The Labute approximate surface area is 129 Å². The van der Waals surface area contributed by atoms with Crippen LogP contribution < -0.4 is 0 Å². The molecule has 6 heteroatoms. The van der Waals surface area contributed by atoms with E-state index < -0.39 is 21.2 Å². The molecule has 0 saturated heterocycles. The second-order valence-corrected chi connectivity index (χ2v) is 6.50. The third-order valence-electron chi connectivity index (χ3n) is 3.36. The number of hydrogen-bond acceptors (Lipinski definition) is 4. The maximum absolute atomic E-state index is 12.2. The molecule has 5 nitrogen and oxygen atoms in total. The molecule has 0 amide bonds. The van der Waals surface area contributed by atoms with E-state index in [2.05, 4.69) is 0 Å². The average molecular weight is 320 g/mol. The monoisotopic (exact) mass is 320 g/mol. The van der Waals surface area contributed by atoms with Gasteiger partial charge in [-0.1, -0.05) is 54.6 Å². The maximum Gasteiger partial charge on any atom is 0.272 e. The van der Waals surface area contributed by atoms with Gasteiger partial charge < -0.3 is 5.11 Å². The molecule has 0 spiro atoms. The van der Waals surface area contributed by atoms with E-state index in [1.165, 1.54) is 12.1 Å². The van der Waals surface area contributed by atoms with Gasteiger partial charge in [-0.15, -0.1) is 0 Å². The Bertz CT molecular complexity index is 736. The lowest BCUT2D eigenvalue weighted by Crippen LogP contribution is -2.16. The van der Waals surface area contributed by atoms with Crippen LogP contribution in [-0.4, -0.2) is 23.9 Å². The predicted octanol–water partition coefficient (Wildman–Crippen LogP) is 2.38. The quantitative estimate of drug-likeness (QED) is 0.630. The lowest BCUT2D eigenvalue weighted by atomic mass is 10.0. The average Bonchev–Trinajstić information content (AvgIpc) is 2.52. The van der Waals surface area contributed by atoms with Gasteiger partial charge in [0.1, 0.15) is 5.25 Å². The molecule has 0 aliphatic carbocycles. The van der Waals surface area contributed by atoms with Crippen LogP contribution in [-0.2, 0) is 16.7 Å². The van der Waals surface area contributed by atoms with E-state index in [1.54, 1.807) is 42.5 Å². The van der Waals surface area contributed by atoms with Crippen molar-refractivity contribution in [2.45, 2.75) is 18.3 Å². The standard InChI is InChI=1S/C16H16O5S/c17-11-12-6-8-13(9-7-12)15(18)10-16(22(19,20)21)14-4-2-1-3-5-14/h1-9,16-17H,10-11H2,(H,19,20,21). The van der Waals surface area contributed by atoms with Crippen molar-refractivity contribution in [3.63, 3.8) is 0 Å². The Hall–Kier alpha value is -2.02. The topological polar surface area (TPSA) is 91.7 Å². The van der Waals surface area contributed by atoms with Crippen molar-refractivity contribution in [2.75, 3.05) is 0 Å². The van der Waals surface area contributed by atoms with Crippen molar-refractivity contribution < 1.29 is 22.9 Å². The molecule has 2 aromatic carbocycles. The first kappa shape index (κ1) is 16.4. The Morgan fingerprint density at radius 1 is 1.00 bits per heavy atom. The summed E-state index contributed by atoms with van der Waals surface area (Å²) in [5.74, 6) is -0.393. The predicted molar refractivity (Wildman–Crippen MR) is 82.0 cm³/mol. The van der Waals surface area contributed by atoms with Crippen LogP contribution in [0.15, 0.2) is 54.6 Å². The van der Waals surface area contributed by atoms with E-state index in [9.17, 15) is 17.8 Å². The summed E-state index contributed by atoms with van der Waals surface area (Å²) in [7, 11) is -4.39. The van der Waals surface area contributed by atoms with Crippen LogP contribution in [0.3, 0.4) is 0 Å². The second kappa shape index (κ2) is 6.83. The number of rotatable bonds is 6. The Kier molecular flexibility index (Phi) is 5.07. The lowest BCUT2D eigenvalue weighted by molar-refractivity contribution is 0.0979. The van der Waals surface area contributed by atoms with Crippen molar-refractivity contribution >= 4 is 15.9 Å². The van der Waals surface area contributed by atoms with Gasteiger partial charge in [-0.25, -0.2) is 0 Å². The van der Waals surface area contributed by atoms with Gasteiger partial charge in [-0.05, 0) is 11.1 Å². The zero-order valence-corrected chi connectivity index (χ0v) is 12.5. The van der Waals surface area contributed by atoms with Gasteiger partial charge in [0.05, 0.1) is 6.61 Å². The molecule has 0 aliphatic rings. The number of ketones is 1. The molecule has 0 aromatic heterocycles. The van der Waals surface area contributed by atoms with Crippen LogP contribution in [0.1, 0.15) is 33.2 Å². The smallest absolute Gasteiger partial charge is 0.272 e. The second-order valence-electron chi connectivity index (χ2n) is 4.90. The minimum absolute atomic E-state index is 0.133. The first-order valence-corrected chi connectivity index (χ1v) is 8.16.